The van der Waals surface area contributed by atoms with Crippen molar-refractivity contribution in [1.29, 1.82) is 0 Å². The summed E-state index contributed by atoms with van der Waals surface area (Å²) in [7, 11) is 0. The van der Waals surface area contributed by atoms with Crippen LogP contribution in [-0.2, 0) is 6.42 Å². The zero-order chi connectivity index (χ0) is 17.1. The smallest absolute Gasteiger partial charge is 0.274 e. The van der Waals surface area contributed by atoms with Crippen LogP contribution in [0.3, 0.4) is 0 Å². The maximum atomic E-state index is 12.3. The SMILES string of the molecule is CCCc1cc(NC(=O)c2cc(=O)n(-c3ccc(C)cc3)[nH]2)n[nH]1. The van der Waals surface area contributed by atoms with Gasteiger partial charge in [-0.25, -0.2) is 4.68 Å². The third-order valence-corrected chi connectivity index (χ3v) is 3.65. The predicted molar refractivity (Wildman–Crippen MR) is 91.7 cm³/mol. The van der Waals surface area contributed by atoms with Gasteiger partial charge in [-0.1, -0.05) is 31.0 Å². The first kappa shape index (κ1) is 15.8. The molecule has 0 aliphatic rings. The summed E-state index contributed by atoms with van der Waals surface area (Å²) in [5, 5.41) is 12.4. The van der Waals surface area contributed by atoms with Crippen LogP contribution in [0.2, 0.25) is 0 Å². The van der Waals surface area contributed by atoms with Crippen molar-refractivity contribution in [3.63, 3.8) is 0 Å². The Bertz CT molecular complexity index is 902. The van der Waals surface area contributed by atoms with E-state index in [0.29, 0.717) is 11.5 Å². The molecule has 0 radical (unpaired) electrons. The zero-order valence-corrected chi connectivity index (χ0v) is 13.6. The molecule has 2 heterocycles. The standard InChI is InChI=1S/C17H19N5O2/c1-3-4-12-9-15(20-19-12)18-17(24)14-10-16(23)22(21-14)13-7-5-11(2)6-8-13/h5-10,21H,3-4H2,1-2H3,(H2,18,19,20,24). The van der Waals surface area contributed by atoms with E-state index in [0.717, 1.165) is 24.1 Å². The highest BCUT2D eigenvalue weighted by molar-refractivity contribution is 6.02. The second-order valence-corrected chi connectivity index (χ2v) is 5.66. The molecular formula is C17H19N5O2. The fourth-order valence-electron chi connectivity index (χ4n) is 2.40. The summed E-state index contributed by atoms with van der Waals surface area (Å²) in [6.07, 6.45) is 1.85. The lowest BCUT2D eigenvalue weighted by molar-refractivity contribution is 0.102. The number of aromatic nitrogens is 4. The Balaban J connectivity index is 1.79. The summed E-state index contributed by atoms with van der Waals surface area (Å²) in [6, 6.07) is 10.5. The second-order valence-electron chi connectivity index (χ2n) is 5.66. The van der Waals surface area contributed by atoms with E-state index in [1.807, 2.05) is 31.2 Å². The number of hydrogen-bond donors (Lipinski definition) is 3. The number of nitrogens with one attached hydrogen (secondary N) is 3. The normalized spacial score (nSPS) is 10.8. The average molecular weight is 325 g/mol. The molecule has 1 aromatic carbocycles. The lowest BCUT2D eigenvalue weighted by Crippen LogP contribution is -2.14. The first-order valence-electron chi connectivity index (χ1n) is 7.81. The predicted octanol–water partition coefficient (Wildman–Crippen LogP) is 2.40. The van der Waals surface area contributed by atoms with Crippen molar-refractivity contribution in [2.75, 3.05) is 5.32 Å². The van der Waals surface area contributed by atoms with E-state index in [2.05, 4.69) is 27.5 Å². The first-order valence-corrected chi connectivity index (χ1v) is 7.81. The molecule has 7 nitrogen and oxygen atoms in total. The van der Waals surface area contributed by atoms with E-state index < -0.39 is 5.91 Å². The molecule has 3 aromatic rings. The van der Waals surface area contributed by atoms with Crippen LogP contribution in [0.5, 0.6) is 0 Å². The number of benzene rings is 1. The summed E-state index contributed by atoms with van der Waals surface area (Å²) >= 11 is 0. The molecule has 1 amide bonds. The van der Waals surface area contributed by atoms with Crippen molar-refractivity contribution in [2.24, 2.45) is 0 Å². The highest BCUT2D eigenvalue weighted by Gasteiger charge is 2.13. The van der Waals surface area contributed by atoms with E-state index in [9.17, 15) is 9.59 Å². The summed E-state index contributed by atoms with van der Waals surface area (Å²) in [5.74, 6) is 0.0277. The highest BCUT2D eigenvalue weighted by atomic mass is 16.2. The van der Waals surface area contributed by atoms with Crippen molar-refractivity contribution in [3.8, 4) is 5.69 Å². The van der Waals surface area contributed by atoms with E-state index >= 15 is 0 Å². The van der Waals surface area contributed by atoms with Gasteiger partial charge >= 0.3 is 0 Å². The minimum atomic E-state index is -0.410. The van der Waals surface area contributed by atoms with E-state index in [4.69, 9.17) is 0 Å². The van der Waals surface area contributed by atoms with Gasteiger partial charge in [0.05, 0.1) is 5.69 Å². The Morgan fingerprint density at radius 3 is 2.71 bits per heavy atom. The Labute approximate surface area is 138 Å². The maximum absolute atomic E-state index is 12.3. The molecular weight excluding hydrogens is 306 g/mol. The Hall–Kier alpha value is -3.09. The quantitative estimate of drug-likeness (QED) is 0.672. The number of hydrogen-bond acceptors (Lipinski definition) is 3. The van der Waals surface area contributed by atoms with Gasteiger partial charge in [-0.15, -0.1) is 0 Å². The number of carbonyl (C=O) groups excluding carboxylic acids is 1. The van der Waals surface area contributed by atoms with Crippen LogP contribution in [-0.4, -0.2) is 25.9 Å². The van der Waals surface area contributed by atoms with Gasteiger partial charge in [0.15, 0.2) is 5.82 Å². The number of nitrogens with zero attached hydrogens (tertiary/aromatic N) is 2. The van der Waals surface area contributed by atoms with Crippen LogP contribution in [0.1, 0.15) is 35.1 Å². The molecule has 3 rings (SSSR count). The number of rotatable bonds is 5. The minimum Gasteiger partial charge on any atom is -0.304 e. The second kappa shape index (κ2) is 6.57. The van der Waals surface area contributed by atoms with Gasteiger partial charge in [-0.2, -0.15) is 5.10 Å². The minimum absolute atomic E-state index is 0.181. The zero-order valence-electron chi connectivity index (χ0n) is 13.6. The number of anilines is 1. The van der Waals surface area contributed by atoms with Crippen LogP contribution in [0, 0.1) is 6.92 Å². The molecule has 0 aliphatic carbocycles. The third-order valence-electron chi connectivity index (χ3n) is 3.65. The molecule has 24 heavy (non-hydrogen) atoms. The molecule has 2 aromatic heterocycles. The van der Waals surface area contributed by atoms with E-state index in [1.54, 1.807) is 6.07 Å². The fourth-order valence-corrected chi connectivity index (χ4v) is 2.40. The van der Waals surface area contributed by atoms with Crippen LogP contribution in [0.15, 0.2) is 41.2 Å². The van der Waals surface area contributed by atoms with Gasteiger partial charge in [-0.05, 0) is 25.5 Å². The first-order chi connectivity index (χ1) is 11.6. The van der Waals surface area contributed by atoms with Gasteiger partial charge in [0.2, 0.25) is 0 Å². The summed E-state index contributed by atoms with van der Waals surface area (Å²) < 4.78 is 1.33. The van der Waals surface area contributed by atoms with Crippen LogP contribution in [0.4, 0.5) is 5.82 Å². The molecule has 0 atom stereocenters. The molecule has 0 fully saturated rings. The van der Waals surface area contributed by atoms with Crippen LogP contribution < -0.4 is 10.9 Å². The van der Waals surface area contributed by atoms with E-state index in [1.165, 1.54) is 10.7 Å². The molecule has 0 unspecified atom stereocenters. The number of H-pyrrole nitrogens is 2. The molecule has 0 saturated heterocycles. The molecule has 0 bridgehead atoms. The van der Waals surface area contributed by atoms with Gasteiger partial charge in [0.1, 0.15) is 5.69 Å². The molecule has 0 saturated carbocycles. The molecule has 0 spiro atoms. The van der Waals surface area contributed by atoms with Crippen molar-refractivity contribution >= 4 is 11.7 Å². The summed E-state index contributed by atoms with van der Waals surface area (Å²) in [6.45, 7) is 4.04. The van der Waals surface area contributed by atoms with Gasteiger partial charge in [0.25, 0.3) is 11.5 Å². The van der Waals surface area contributed by atoms with Gasteiger partial charge < -0.3 is 5.32 Å². The van der Waals surface area contributed by atoms with E-state index in [-0.39, 0.29) is 11.3 Å². The van der Waals surface area contributed by atoms with Crippen LogP contribution >= 0.6 is 0 Å². The highest BCUT2D eigenvalue weighted by Crippen LogP contribution is 2.10. The lowest BCUT2D eigenvalue weighted by atomic mass is 10.2. The topological polar surface area (TPSA) is 95.6 Å². The summed E-state index contributed by atoms with van der Waals surface area (Å²) in [5.41, 5.74) is 2.62. The van der Waals surface area contributed by atoms with Gasteiger partial charge in [-0.3, -0.25) is 19.8 Å². The third kappa shape index (κ3) is 3.29. The Morgan fingerprint density at radius 1 is 1.25 bits per heavy atom. The average Bonchev–Trinajstić information content (AvgIpc) is 3.15. The largest absolute Gasteiger partial charge is 0.304 e. The maximum Gasteiger partial charge on any atom is 0.274 e. The summed E-state index contributed by atoms with van der Waals surface area (Å²) in [4.78, 5) is 24.4. The number of aryl methyl sites for hydroxylation is 2. The van der Waals surface area contributed by atoms with Crippen molar-refractivity contribution in [2.45, 2.75) is 26.7 Å². The molecule has 7 heteroatoms. The number of carbonyl (C=O) groups is 1. The van der Waals surface area contributed by atoms with Crippen molar-refractivity contribution in [3.05, 3.63) is 63.7 Å². The molecule has 0 aliphatic heterocycles. The Kier molecular flexibility index (Phi) is 4.33. The Morgan fingerprint density at radius 2 is 2.00 bits per heavy atom. The molecule has 3 N–H and O–H groups in total. The van der Waals surface area contributed by atoms with Crippen molar-refractivity contribution in [1.82, 2.24) is 20.0 Å². The number of aromatic amines is 2. The lowest BCUT2D eigenvalue weighted by Gasteiger charge is -2.02. The molecule has 124 valence electrons. The van der Waals surface area contributed by atoms with Crippen LogP contribution in [0.25, 0.3) is 5.69 Å². The monoisotopic (exact) mass is 325 g/mol. The van der Waals surface area contributed by atoms with Crippen molar-refractivity contribution < 1.29 is 4.79 Å². The number of amides is 1. The fraction of sp³-hybridized carbons (Fsp3) is 0.235. The van der Waals surface area contributed by atoms with Gasteiger partial charge in [0, 0.05) is 17.8 Å².